The minimum Gasteiger partial charge on any atom is -0.489 e. The first-order chi connectivity index (χ1) is 7.84. The molecular weight excluding hydrogens is 274 g/mol. The summed E-state index contributed by atoms with van der Waals surface area (Å²) in [4.78, 5) is 0. The van der Waals surface area contributed by atoms with Crippen LogP contribution in [0, 0.1) is 5.82 Å². The van der Waals surface area contributed by atoms with E-state index in [1.165, 1.54) is 0 Å². The van der Waals surface area contributed by atoms with Crippen LogP contribution in [0.3, 0.4) is 0 Å². The summed E-state index contributed by atoms with van der Waals surface area (Å²) in [5, 5.41) is 0. The van der Waals surface area contributed by atoms with E-state index in [1.54, 1.807) is 0 Å². The van der Waals surface area contributed by atoms with Crippen LogP contribution in [0.1, 0.15) is 13.3 Å². The van der Waals surface area contributed by atoms with Crippen molar-refractivity contribution in [3.63, 3.8) is 0 Å². The van der Waals surface area contributed by atoms with Crippen LogP contribution in [0.2, 0.25) is 0 Å². The molecule has 0 saturated heterocycles. The van der Waals surface area contributed by atoms with Gasteiger partial charge in [-0.25, -0.2) is 4.39 Å². The first-order valence-corrected chi connectivity index (χ1v) is 5.13. The van der Waals surface area contributed by atoms with Gasteiger partial charge < -0.3 is 17.7 Å². The second-order valence-corrected chi connectivity index (χ2v) is 3.65. The molecule has 1 aromatic rings. The van der Waals surface area contributed by atoms with Crippen molar-refractivity contribution in [3.05, 3.63) is 36.2 Å². The maximum Gasteiger partial charge on any atom is 1.00 e. The monoisotopic (exact) mass is 286 g/mol. The summed E-state index contributed by atoms with van der Waals surface area (Å²) in [5.74, 6) is -1.24. The van der Waals surface area contributed by atoms with E-state index in [0.717, 1.165) is 17.7 Å². The number of ether oxygens (including phenoxy) is 1. The van der Waals surface area contributed by atoms with Crippen LogP contribution >= 0.6 is 0 Å². The van der Waals surface area contributed by atoms with Crippen LogP contribution < -0.4 is 61.6 Å². The minimum atomic E-state index is -5.32. The molecule has 0 radical (unpaired) electrons. The average molecular weight is 286 g/mol. The van der Waals surface area contributed by atoms with Gasteiger partial charge in [0.25, 0.3) is 0 Å². The Bertz CT molecular complexity index is 420. The quantitative estimate of drug-likeness (QED) is 0.428. The van der Waals surface area contributed by atoms with Gasteiger partial charge in [0.15, 0.2) is 0 Å². The molecule has 94 valence electrons. The third kappa shape index (κ3) is 5.44. The minimum absolute atomic E-state index is 0. The molecule has 0 amide bonds. The van der Waals surface area contributed by atoms with Crippen LogP contribution in [-0.2, 0) is 0 Å². The fourth-order valence-electron chi connectivity index (χ4n) is 1.15. The molecule has 0 unspecified atom stereocenters. The SMILES string of the molecule is C=C(CC)COc1ccc([B-](F)(F)F)c(F)c1.[K+]. The number of hydrogen-bond donors (Lipinski definition) is 0. The van der Waals surface area contributed by atoms with E-state index in [-0.39, 0.29) is 63.7 Å². The largest absolute Gasteiger partial charge is 1.00 e. The molecule has 0 spiro atoms. The van der Waals surface area contributed by atoms with Gasteiger partial charge in [0, 0.05) is 6.07 Å². The van der Waals surface area contributed by atoms with Crippen molar-refractivity contribution in [2.24, 2.45) is 0 Å². The number of hydrogen-bond acceptors (Lipinski definition) is 1. The Hall–Kier alpha value is 0.181. The molecule has 1 nitrogen and oxygen atoms in total. The number of rotatable bonds is 5. The van der Waals surface area contributed by atoms with E-state index in [9.17, 15) is 17.3 Å². The van der Waals surface area contributed by atoms with Gasteiger partial charge in [-0.05, 0) is 18.1 Å². The first kappa shape index (κ1) is 18.2. The Labute approximate surface area is 146 Å². The fraction of sp³-hybridized carbons (Fsp3) is 0.273. The molecule has 1 rings (SSSR count). The van der Waals surface area contributed by atoms with Crippen LogP contribution in [0.4, 0.5) is 17.3 Å². The molecule has 1 aromatic carbocycles. The maximum absolute atomic E-state index is 13.1. The number of benzene rings is 1. The Morgan fingerprint density at radius 1 is 1.33 bits per heavy atom. The van der Waals surface area contributed by atoms with Crippen molar-refractivity contribution in [1.82, 2.24) is 0 Å². The van der Waals surface area contributed by atoms with Crippen LogP contribution in [-0.4, -0.2) is 13.6 Å². The predicted molar refractivity (Wildman–Crippen MR) is 60.0 cm³/mol. The molecule has 0 fully saturated rings. The Morgan fingerprint density at radius 3 is 2.39 bits per heavy atom. The molecule has 0 aliphatic carbocycles. The topological polar surface area (TPSA) is 9.23 Å². The Kier molecular flexibility index (Phi) is 7.77. The summed E-state index contributed by atoms with van der Waals surface area (Å²) in [6, 6.07) is 2.55. The van der Waals surface area contributed by atoms with Gasteiger partial charge in [-0.3, -0.25) is 0 Å². The predicted octanol–water partition coefficient (Wildman–Crippen LogP) is 0.229. The smallest absolute Gasteiger partial charge is 0.489 e. The Morgan fingerprint density at radius 2 is 1.94 bits per heavy atom. The molecule has 0 bridgehead atoms. The fourth-order valence-corrected chi connectivity index (χ4v) is 1.15. The Balaban J connectivity index is 0.00000289. The molecule has 18 heavy (non-hydrogen) atoms. The molecule has 0 saturated carbocycles. The second-order valence-electron chi connectivity index (χ2n) is 3.65. The van der Waals surface area contributed by atoms with Gasteiger partial charge in [0.2, 0.25) is 0 Å². The molecule has 0 aliphatic rings. The zero-order chi connectivity index (χ0) is 13.1. The molecule has 0 N–H and O–H groups in total. The number of halogens is 4. The third-order valence-electron chi connectivity index (χ3n) is 2.27. The normalized spacial score (nSPS) is 10.7. The van der Waals surface area contributed by atoms with E-state index in [2.05, 4.69) is 6.58 Å². The van der Waals surface area contributed by atoms with E-state index >= 15 is 0 Å². The first-order valence-electron chi connectivity index (χ1n) is 5.13. The zero-order valence-electron chi connectivity index (χ0n) is 10.4. The summed E-state index contributed by atoms with van der Waals surface area (Å²) < 4.78 is 55.2. The summed E-state index contributed by atoms with van der Waals surface area (Å²) in [6.45, 7) is 0.399. The molecule has 0 aromatic heterocycles. The van der Waals surface area contributed by atoms with Gasteiger partial charge >= 0.3 is 58.4 Å². The molecular formula is C11H12BF4KO. The van der Waals surface area contributed by atoms with E-state index in [4.69, 9.17) is 4.74 Å². The van der Waals surface area contributed by atoms with Gasteiger partial charge in [-0.2, -0.15) is 0 Å². The van der Waals surface area contributed by atoms with Crippen LogP contribution in [0.15, 0.2) is 30.4 Å². The zero-order valence-corrected chi connectivity index (χ0v) is 13.5. The molecule has 7 heteroatoms. The molecule has 0 aliphatic heterocycles. The molecule has 0 atom stereocenters. The van der Waals surface area contributed by atoms with Crippen molar-refractivity contribution in [2.45, 2.75) is 13.3 Å². The summed E-state index contributed by atoms with van der Waals surface area (Å²) in [5.41, 5.74) is -0.443. The van der Waals surface area contributed by atoms with Crippen molar-refractivity contribution in [3.8, 4) is 5.75 Å². The van der Waals surface area contributed by atoms with Crippen molar-refractivity contribution in [1.29, 1.82) is 0 Å². The van der Waals surface area contributed by atoms with E-state index < -0.39 is 18.3 Å². The van der Waals surface area contributed by atoms with Gasteiger partial charge in [0.1, 0.15) is 12.4 Å². The molecule has 0 heterocycles. The maximum atomic E-state index is 13.1. The van der Waals surface area contributed by atoms with Gasteiger partial charge in [-0.15, -0.1) is 0 Å². The van der Waals surface area contributed by atoms with Crippen molar-refractivity contribution < 1.29 is 73.5 Å². The summed E-state index contributed by atoms with van der Waals surface area (Å²) in [6.07, 6.45) is 0.701. The van der Waals surface area contributed by atoms with Gasteiger partial charge in [0.05, 0.1) is 5.82 Å². The average Bonchev–Trinajstić information content (AvgIpc) is 2.24. The standard InChI is InChI=1S/C11H12BF4O.K/c1-3-8(2)7-17-9-4-5-10(11(13)6-9)12(14,15)16;/h4-6H,2-3,7H2,1H3;/q-1;+1. The van der Waals surface area contributed by atoms with E-state index in [0.29, 0.717) is 12.5 Å². The van der Waals surface area contributed by atoms with Gasteiger partial charge in [-0.1, -0.05) is 25.0 Å². The van der Waals surface area contributed by atoms with Crippen molar-refractivity contribution in [2.75, 3.05) is 6.61 Å². The third-order valence-corrected chi connectivity index (χ3v) is 2.27. The van der Waals surface area contributed by atoms with E-state index in [1.807, 2.05) is 6.92 Å². The second kappa shape index (κ2) is 7.69. The summed E-state index contributed by atoms with van der Waals surface area (Å²) >= 11 is 0. The van der Waals surface area contributed by atoms with Crippen molar-refractivity contribution >= 4 is 12.4 Å². The van der Waals surface area contributed by atoms with Crippen LogP contribution in [0.5, 0.6) is 5.75 Å². The van der Waals surface area contributed by atoms with Crippen LogP contribution in [0.25, 0.3) is 0 Å². The summed E-state index contributed by atoms with van der Waals surface area (Å²) in [7, 11) is 0.